The summed E-state index contributed by atoms with van der Waals surface area (Å²) in [7, 11) is 0. The van der Waals surface area contributed by atoms with Crippen LogP contribution in [0.3, 0.4) is 0 Å². The third-order valence-electron chi connectivity index (χ3n) is 14.1. The number of nitrogens with zero attached hydrogens (tertiary/aromatic N) is 4. The Labute approximate surface area is 363 Å². The number of hydrogen-bond acceptors (Lipinski definition) is 6. The van der Waals surface area contributed by atoms with Crippen molar-refractivity contribution in [3.8, 4) is 23.0 Å². The summed E-state index contributed by atoms with van der Waals surface area (Å²) in [5.41, 5.74) is 13.2. The van der Waals surface area contributed by atoms with Gasteiger partial charge in [0, 0.05) is 34.4 Å². The van der Waals surface area contributed by atoms with Crippen molar-refractivity contribution in [2.45, 2.75) is 63.7 Å². The molecule has 0 bridgehead atoms. The first kappa shape index (κ1) is 36.7. The first-order valence-corrected chi connectivity index (χ1v) is 21.7. The summed E-state index contributed by atoms with van der Waals surface area (Å²) in [6.07, 6.45) is 3.81. The molecular formula is C56H46N4O2. The predicted molar refractivity (Wildman–Crippen MR) is 248 cm³/mol. The summed E-state index contributed by atoms with van der Waals surface area (Å²) < 4.78 is 13.9. The van der Waals surface area contributed by atoms with Crippen LogP contribution in [0.4, 0.5) is 34.4 Å². The summed E-state index contributed by atoms with van der Waals surface area (Å²) >= 11 is 0. The molecular weight excluding hydrogens is 761 g/mol. The van der Waals surface area contributed by atoms with Crippen LogP contribution in [0.2, 0.25) is 0 Å². The van der Waals surface area contributed by atoms with Gasteiger partial charge in [-0.05, 0) is 93.4 Å². The monoisotopic (exact) mass is 806 g/mol. The maximum absolute atomic E-state index is 6.95. The van der Waals surface area contributed by atoms with Crippen molar-refractivity contribution in [2.75, 3.05) is 9.80 Å². The summed E-state index contributed by atoms with van der Waals surface area (Å²) in [5, 5.41) is 0. The molecule has 0 N–H and O–H groups in total. The van der Waals surface area contributed by atoms with Gasteiger partial charge in [-0.2, -0.15) is 0 Å². The molecule has 0 amide bonds. The molecule has 4 aliphatic heterocycles. The van der Waals surface area contributed by atoms with Crippen LogP contribution in [-0.2, 0) is 16.2 Å². The van der Waals surface area contributed by atoms with E-state index in [4.69, 9.17) is 19.4 Å². The van der Waals surface area contributed by atoms with Crippen molar-refractivity contribution in [3.05, 3.63) is 214 Å². The number of hydrogen-bond donors (Lipinski definition) is 0. The van der Waals surface area contributed by atoms with Crippen molar-refractivity contribution in [3.63, 3.8) is 0 Å². The van der Waals surface area contributed by atoms with Crippen LogP contribution in [0.1, 0.15) is 97.5 Å². The normalized spacial score (nSPS) is 15.5. The lowest BCUT2D eigenvalue weighted by molar-refractivity contribution is 0.466. The summed E-state index contributed by atoms with van der Waals surface area (Å²) in [6, 6.07) is 54.7. The lowest BCUT2D eigenvalue weighted by Crippen LogP contribution is -2.39. The second-order valence-corrected chi connectivity index (χ2v) is 18.4. The van der Waals surface area contributed by atoms with E-state index in [9.17, 15) is 0 Å². The van der Waals surface area contributed by atoms with Crippen molar-refractivity contribution in [1.29, 1.82) is 0 Å². The van der Waals surface area contributed by atoms with Crippen LogP contribution < -0.4 is 19.3 Å². The molecule has 0 unspecified atom stereocenters. The molecule has 12 rings (SSSR count). The van der Waals surface area contributed by atoms with Crippen LogP contribution in [0.5, 0.6) is 23.0 Å². The number of para-hydroxylation sites is 1. The molecule has 0 saturated heterocycles. The third-order valence-corrected chi connectivity index (χ3v) is 14.1. The third kappa shape index (κ3) is 4.86. The number of fused-ring (bicyclic) bond motifs is 8. The molecule has 0 radical (unpaired) electrons. The van der Waals surface area contributed by atoms with Crippen molar-refractivity contribution in [1.82, 2.24) is 9.97 Å². The molecule has 6 nitrogen and oxygen atoms in total. The van der Waals surface area contributed by atoms with E-state index in [1.165, 1.54) is 27.8 Å². The van der Waals surface area contributed by atoms with E-state index >= 15 is 0 Å². The van der Waals surface area contributed by atoms with Crippen molar-refractivity contribution < 1.29 is 9.47 Å². The highest BCUT2D eigenvalue weighted by molar-refractivity contribution is 5.95. The average molecular weight is 807 g/mol. The minimum Gasteiger partial charge on any atom is -0.453 e. The summed E-state index contributed by atoms with van der Waals surface area (Å²) in [4.78, 5) is 14.9. The van der Waals surface area contributed by atoms with Crippen molar-refractivity contribution >= 4 is 34.4 Å². The zero-order valence-corrected chi connectivity index (χ0v) is 35.8. The summed E-state index contributed by atoms with van der Waals surface area (Å²) in [5.74, 6) is 5.49. The van der Waals surface area contributed by atoms with Gasteiger partial charge in [0.05, 0.1) is 28.2 Å². The maximum Gasteiger partial charge on any atom is 0.152 e. The predicted octanol–water partition coefficient (Wildman–Crippen LogP) is 14.4. The first-order chi connectivity index (χ1) is 30.1. The molecule has 0 fully saturated rings. The lowest BCUT2D eigenvalue weighted by atomic mass is 9.63. The fourth-order valence-corrected chi connectivity index (χ4v) is 10.7. The van der Waals surface area contributed by atoms with Gasteiger partial charge in [0.2, 0.25) is 0 Å². The van der Waals surface area contributed by atoms with Crippen LogP contribution in [0.25, 0.3) is 0 Å². The molecule has 0 spiro atoms. The van der Waals surface area contributed by atoms with Crippen LogP contribution in [0, 0.1) is 0 Å². The minimum atomic E-state index is -0.639. The Hall–Kier alpha value is -7.18. The van der Waals surface area contributed by atoms with Crippen LogP contribution in [0.15, 0.2) is 164 Å². The zero-order chi connectivity index (χ0) is 42.1. The SMILES string of the molecule is CC(C)c1ccc2c(c1)N1c3ncccc3C(C)(C)c3cc(C(C)(C)c4ccc5c(c4)N4c6ncccc6C(c6ccccc6)(c6ccccc6)c6cccc(c64)O5)cc(c31)O2. The molecule has 4 aliphatic rings. The van der Waals surface area contributed by atoms with E-state index in [0.29, 0.717) is 5.92 Å². The second-order valence-electron chi connectivity index (χ2n) is 18.4. The van der Waals surface area contributed by atoms with E-state index in [0.717, 1.165) is 79.6 Å². The van der Waals surface area contributed by atoms with Crippen molar-refractivity contribution in [2.24, 2.45) is 0 Å². The number of benzene rings is 6. The molecule has 6 heteroatoms. The quantitative estimate of drug-likeness (QED) is 0.173. The Morgan fingerprint density at radius 1 is 0.500 bits per heavy atom. The fraction of sp³-hybridized carbons (Fsp3) is 0.179. The highest BCUT2D eigenvalue weighted by atomic mass is 16.5. The lowest BCUT2D eigenvalue weighted by Gasteiger charge is -2.47. The Kier molecular flexibility index (Phi) is 7.64. The summed E-state index contributed by atoms with van der Waals surface area (Å²) in [6.45, 7) is 13.7. The van der Waals surface area contributed by atoms with E-state index in [-0.39, 0.29) is 5.41 Å². The minimum absolute atomic E-state index is 0.343. The van der Waals surface area contributed by atoms with Gasteiger partial charge in [-0.3, -0.25) is 9.80 Å². The number of anilines is 6. The number of rotatable bonds is 5. The van der Waals surface area contributed by atoms with Gasteiger partial charge in [0.25, 0.3) is 0 Å². The van der Waals surface area contributed by atoms with Gasteiger partial charge < -0.3 is 9.47 Å². The zero-order valence-electron chi connectivity index (χ0n) is 35.8. The Bertz CT molecular complexity index is 3100. The number of pyridine rings is 2. The highest BCUT2D eigenvalue weighted by Crippen LogP contribution is 2.64. The Morgan fingerprint density at radius 2 is 1.08 bits per heavy atom. The molecule has 302 valence electrons. The standard InChI is InChI=1S/C56H46N4O2/c1-34(2)35-24-26-46-44(30-35)59-51-43(55(5,6)41-21-14-28-57-52(41)59)31-39(33-49(51)62-46)54(3,4)38-25-27-47-45(32-38)60-50-40(20-13-23-48(50)61-47)56(36-16-9-7-10-17-36,37-18-11-8-12-19-37)42-22-15-29-58-53(42)60/h7-34H,1-6H3. The Morgan fingerprint density at radius 3 is 1.76 bits per heavy atom. The molecule has 62 heavy (non-hydrogen) atoms. The van der Waals surface area contributed by atoms with Gasteiger partial charge in [-0.15, -0.1) is 0 Å². The van der Waals surface area contributed by atoms with E-state index in [2.05, 4.69) is 203 Å². The molecule has 0 atom stereocenters. The van der Waals surface area contributed by atoms with Crippen LogP contribution >= 0.6 is 0 Å². The van der Waals surface area contributed by atoms with E-state index < -0.39 is 10.8 Å². The first-order valence-electron chi connectivity index (χ1n) is 21.7. The largest absolute Gasteiger partial charge is 0.453 e. The topological polar surface area (TPSA) is 50.7 Å². The van der Waals surface area contributed by atoms with E-state index in [1.807, 2.05) is 12.4 Å². The molecule has 2 aromatic heterocycles. The number of aromatic nitrogens is 2. The van der Waals surface area contributed by atoms with Gasteiger partial charge in [0.1, 0.15) is 11.6 Å². The second kappa shape index (κ2) is 12.9. The average Bonchev–Trinajstić information content (AvgIpc) is 3.30. The van der Waals surface area contributed by atoms with Gasteiger partial charge in [0.15, 0.2) is 23.0 Å². The molecule has 0 saturated carbocycles. The molecule has 0 aliphatic carbocycles. The van der Waals surface area contributed by atoms with Gasteiger partial charge in [-0.1, -0.05) is 145 Å². The number of ether oxygens (including phenoxy) is 2. The van der Waals surface area contributed by atoms with E-state index in [1.54, 1.807) is 0 Å². The highest BCUT2D eigenvalue weighted by Gasteiger charge is 2.50. The molecule has 6 heterocycles. The smallest absolute Gasteiger partial charge is 0.152 e. The van der Waals surface area contributed by atoms with Gasteiger partial charge in [-0.25, -0.2) is 9.97 Å². The fourth-order valence-electron chi connectivity index (χ4n) is 10.7. The molecule has 6 aromatic carbocycles. The molecule has 8 aromatic rings. The van der Waals surface area contributed by atoms with Gasteiger partial charge >= 0.3 is 0 Å². The maximum atomic E-state index is 6.95. The Balaban J connectivity index is 1.04. The van der Waals surface area contributed by atoms with Crippen LogP contribution in [-0.4, -0.2) is 9.97 Å².